The first-order chi connectivity index (χ1) is 12.8. The number of ether oxygens (including phenoxy) is 2. The predicted molar refractivity (Wildman–Crippen MR) is 100 cm³/mol. The summed E-state index contributed by atoms with van der Waals surface area (Å²) in [5.41, 5.74) is 2.18. The van der Waals surface area contributed by atoms with Gasteiger partial charge in [-0.3, -0.25) is 4.79 Å². The molecule has 0 amide bonds. The molecule has 1 saturated heterocycles. The van der Waals surface area contributed by atoms with Crippen molar-refractivity contribution in [2.45, 2.75) is 25.2 Å². The third kappa shape index (κ3) is 3.91. The summed E-state index contributed by atoms with van der Waals surface area (Å²) in [5, 5.41) is 0. The van der Waals surface area contributed by atoms with Gasteiger partial charge in [-0.2, -0.15) is 0 Å². The zero-order valence-electron chi connectivity index (χ0n) is 15.1. The predicted octanol–water partition coefficient (Wildman–Crippen LogP) is 2.49. The van der Waals surface area contributed by atoms with Crippen molar-refractivity contribution in [3.8, 4) is 11.5 Å². The number of likely N-dealkylation sites (tertiary alicyclic amines) is 1. The highest BCUT2D eigenvalue weighted by Crippen LogP contribution is 2.31. The molecular formula is C22H26NO3+. The molecule has 4 nitrogen and oxygen atoms in total. The van der Waals surface area contributed by atoms with Gasteiger partial charge in [-0.1, -0.05) is 30.3 Å². The molecule has 2 atom stereocenters. The fourth-order valence-electron chi connectivity index (χ4n) is 4.03. The topological polar surface area (TPSA) is 40.0 Å². The van der Waals surface area contributed by atoms with Crippen LogP contribution in [0.4, 0.5) is 0 Å². The number of carbonyl (C=O) groups excluding carboxylic acids is 1. The van der Waals surface area contributed by atoms with Crippen molar-refractivity contribution in [1.29, 1.82) is 0 Å². The average molecular weight is 352 g/mol. The summed E-state index contributed by atoms with van der Waals surface area (Å²) >= 11 is 0. The molecule has 4 heteroatoms. The summed E-state index contributed by atoms with van der Waals surface area (Å²) in [6, 6.07) is 16.3. The highest BCUT2D eigenvalue weighted by Gasteiger charge is 2.27. The minimum Gasteiger partial charge on any atom is -0.486 e. The van der Waals surface area contributed by atoms with E-state index in [-0.39, 0.29) is 5.78 Å². The second-order valence-corrected chi connectivity index (χ2v) is 7.24. The van der Waals surface area contributed by atoms with Crippen LogP contribution in [0.3, 0.4) is 0 Å². The van der Waals surface area contributed by atoms with Crippen LogP contribution >= 0.6 is 0 Å². The van der Waals surface area contributed by atoms with E-state index in [2.05, 4.69) is 30.3 Å². The highest BCUT2D eigenvalue weighted by atomic mass is 16.6. The quantitative estimate of drug-likeness (QED) is 0.812. The van der Waals surface area contributed by atoms with Crippen molar-refractivity contribution in [2.24, 2.45) is 0 Å². The van der Waals surface area contributed by atoms with Gasteiger partial charge in [0.15, 0.2) is 17.3 Å². The lowest BCUT2D eigenvalue weighted by Crippen LogP contribution is -3.10. The van der Waals surface area contributed by atoms with Gasteiger partial charge in [0.2, 0.25) is 0 Å². The van der Waals surface area contributed by atoms with Crippen molar-refractivity contribution in [2.75, 3.05) is 32.8 Å². The van der Waals surface area contributed by atoms with Gasteiger partial charge in [-0.05, 0) is 23.8 Å². The van der Waals surface area contributed by atoms with Crippen LogP contribution in [0.25, 0.3) is 0 Å². The highest BCUT2D eigenvalue weighted by molar-refractivity contribution is 5.96. The van der Waals surface area contributed by atoms with Crippen LogP contribution in [0.5, 0.6) is 11.5 Å². The van der Waals surface area contributed by atoms with Gasteiger partial charge in [0.1, 0.15) is 13.2 Å². The molecular weight excluding hydrogens is 326 g/mol. The van der Waals surface area contributed by atoms with Crippen LogP contribution < -0.4 is 14.4 Å². The van der Waals surface area contributed by atoms with Crippen LogP contribution in [0.15, 0.2) is 48.5 Å². The SMILES string of the molecule is O=C(CCC[NH+]1CCC(c2ccccc2)C1)c1ccc2c(c1)OCCO2. The molecule has 0 bridgehead atoms. The minimum atomic E-state index is 0.195. The Balaban J connectivity index is 1.25. The van der Waals surface area contributed by atoms with E-state index in [4.69, 9.17) is 9.47 Å². The number of benzene rings is 2. The van der Waals surface area contributed by atoms with Crippen molar-refractivity contribution in [1.82, 2.24) is 0 Å². The maximum absolute atomic E-state index is 12.5. The Kier molecular flexibility index (Phi) is 5.21. The van der Waals surface area contributed by atoms with Gasteiger partial charge in [0, 0.05) is 30.7 Å². The summed E-state index contributed by atoms with van der Waals surface area (Å²) < 4.78 is 11.1. The monoisotopic (exact) mass is 352 g/mol. The maximum atomic E-state index is 12.5. The number of rotatable bonds is 6. The van der Waals surface area contributed by atoms with E-state index >= 15 is 0 Å². The molecule has 2 unspecified atom stereocenters. The number of Topliss-reactive ketones (excluding diaryl/α,β-unsaturated/α-hetero) is 1. The molecule has 2 heterocycles. The third-order valence-electron chi connectivity index (χ3n) is 5.45. The van der Waals surface area contributed by atoms with Gasteiger partial charge in [0.05, 0.1) is 19.6 Å². The van der Waals surface area contributed by atoms with Crippen molar-refractivity contribution in [3.63, 3.8) is 0 Å². The zero-order chi connectivity index (χ0) is 17.8. The third-order valence-corrected chi connectivity index (χ3v) is 5.45. The number of quaternary nitrogens is 1. The standard InChI is InChI=1S/C22H25NO3/c24-20(18-8-9-21-22(15-18)26-14-13-25-21)7-4-11-23-12-10-19(16-23)17-5-2-1-3-6-17/h1-3,5-6,8-9,15,19H,4,7,10-14,16H2/p+1. The Hall–Kier alpha value is -2.33. The molecule has 2 aliphatic rings. The van der Waals surface area contributed by atoms with Crippen molar-refractivity contribution in [3.05, 3.63) is 59.7 Å². The molecule has 0 radical (unpaired) electrons. The minimum absolute atomic E-state index is 0.195. The lowest BCUT2D eigenvalue weighted by Gasteiger charge is -2.18. The summed E-state index contributed by atoms with van der Waals surface area (Å²) in [5.74, 6) is 2.29. The van der Waals surface area contributed by atoms with E-state index < -0.39 is 0 Å². The van der Waals surface area contributed by atoms with Gasteiger partial charge in [-0.25, -0.2) is 0 Å². The first kappa shape index (κ1) is 17.1. The Labute approximate surface area is 154 Å². The van der Waals surface area contributed by atoms with E-state index in [9.17, 15) is 4.79 Å². The Morgan fingerprint density at radius 3 is 2.69 bits per heavy atom. The lowest BCUT2D eigenvalue weighted by atomic mass is 9.99. The Morgan fingerprint density at radius 2 is 1.85 bits per heavy atom. The summed E-state index contributed by atoms with van der Waals surface area (Å²) in [6.07, 6.45) is 2.78. The van der Waals surface area contributed by atoms with E-state index in [0.29, 0.717) is 31.3 Å². The van der Waals surface area contributed by atoms with E-state index in [0.717, 1.165) is 24.3 Å². The van der Waals surface area contributed by atoms with Crippen LogP contribution in [0.1, 0.15) is 41.1 Å². The fraction of sp³-hybridized carbons (Fsp3) is 0.409. The normalized spacial score (nSPS) is 21.5. The molecule has 0 aromatic heterocycles. The largest absolute Gasteiger partial charge is 0.486 e. The lowest BCUT2D eigenvalue weighted by molar-refractivity contribution is -0.888. The summed E-state index contributed by atoms with van der Waals surface area (Å²) in [7, 11) is 0. The van der Waals surface area contributed by atoms with Gasteiger partial charge >= 0.3 is 0 Å². The van der Waals surface area contributed by atoms with E-state index in [1.54, 1.807) is 4.90 Å². The summed E-state index contributed by atoms with van der Waals surface area (Å²) in [4.78, 5) is 14.1. The van der Waals surface area contributed by atoms with Crippen LogP contribution in [0.2, 0.25) is 0 Å². The molecule has 1 N–H and O–H groups in total. The molecule has 4 rings (SSSR count). The molecule has 26 heavy (non-hydrogen) atoms. The smallest absolute Gasteiger partial charge is 0.163 e. The number of hydrogen-bond donors (Lipinski definition) is 1. The number of ketones is 1. The maximum Gasteiger partial charge on any atom is 0.163 e. The average Bonchev–Trinajstić information content (AvgIpc) is 3.17. The molecule has 136 valence electrons. The first-order valence-corrected chi connectivity index (χ1v) is 9.61. The van der Waals surface area contributed by atoms with Crippen LogP contribution in [-0.2, 0) is 0 Å². The first-order valence-electron chi connectivity index (χ1n) is 9.61. The van der Waals surface area contributed by atoms with Gasteiger partial charge in [-0.15, -0.1) is 0 Å². The molecule has 2 aromatic rings. The second kappa shape index (κ2) is 7.92. The molecule has 0 spiro atoms. The molecule has 2 aromatic carbocycles. The van der Waals surface area contributed by atoms with E-state index in [1.807, 2.05) is 18.2 Å². The van der Waals surface area contributed by atoms with Crippen LogP contribution in [0, 0.1) is 0 Å². The number of nitrogens with one attached hydrogen (secondary N) is 1. The fourth-order valence-corrected chi connectivity index (χ4v) is 4.03. The summed E-state index contributed by atoms with van der Waals surface area (Å²) in [6.45, 7) is 4.58. The Bertz CT molecular complexity index is 759. The molecule has 2 aliphatic heterocycles. The molecule has 1 fully saturated rings. The van der Waals surface area contributed by atoms with Crippen molar-refractivity contribution >= 4 is 5.78 Å². The van der Waals surface area contributed by atoms with Gasteiger partial charge in [0.25, 0.3) is 0 Å². The van der Waals surface area contributed by atoms with E-state index in [1.165, 1.54) is 25.1 Å². The van der Waals surface area contributed by atoms with Crippen molar-refractivity contribution < 1.29 is 19.2 Å². The zero-order valence-corrected chi connectivity index (χ0v) is 15.1. The molecule has 0 saturated carbocycles. The molecule has 0 aliphatic carbocycles. The van der Waals surface area contributed by atoms with Gasteiger partial charge < -0.3 is 14.4 Å². The number of hydrogen-bond acceptors (Lipinski definition) is 3. The second-order valence-electron chi connectivity index (χ2n) is 7.24. The number of carbonyl (C=O) groups is 1. The Morgan fingerprint density at radius 1 is 1.04 bits per heavy atom. The number of fused-ring (bicyclic) bond motifs is 1. The van der Waals surface area contributed by atoms with Crippen LogP contribution in [-0.4, -0.2) is 38.6 Å².